The number of hydrogen-bond acceptors (Lipinski definition) is 6. The Labute approximate surface area is 154 Å². The molecule has 1 fully saturated rings. The Hall–Kier alpha value is -3.29. The Balaban J connectivity index is 1.34. The molecule has 4 aromatic heterocycles. The average Bonchev–Trinajstić information content (AvgIpc) is 3.03. The van der Waals surface area contributed by atoms with E-state index in [0.717, 1.165) is 53.8 Å². The van der Waals surface area contributed by atoms with Gasteiger partial charge in [0, 0.05) is 37.4 Å². The van der Waals surface area contributed by atoms with Gasteiger partial charge in [-0.3, -0.25) is 9.55 Å². The quantitative estimate of drug-likeness (QED) is 0.600. The van der Waals surface area contributed by atoms with Crippen LogP contribution >= 0.6 is 0 Å². The fourth-order valence-electron chi connectivity index (χ4n) is 3.89. The molecule has 0 atom stereocenters. The maximum Gasteiger partial charge on any atom is 0.327 e. The topological polar surface area (TPSA) is 92.6 Å². The van der Waals surface area contributed by atoms with Gasteiger partial charge in [0.15, 0.2) is 5.65 Å². The molecule has 1 aliphatic heterocycles. The third-order valence-corrected chi connectivity index (χ3v) is 5.30. The third-order valence-electron chi connectivity index (χ3n) is 5.30. The number of nitrogens with one attached hydrogen (secondary N) is 1. The van der Waals surface area contributed by atoms with Crippen molar-refractivity contribution in [1.82, 2.24) is 29.5 Å². The highest BCUT2D eigenvalue weighted by molar-refractivity contribution is 5.88. The highest BCUT2D eigenvalue weighted by Crippen LogP contribution is 2.27. The maximum atomic E-state index is 12.3. The highest BCUT2D eigenvalue weighted by atomic mass is 16.1. The second-order valence-corrected chi connectivity index (χ2v) is 6.94. The first-order valence-electron chi connectivity index (χ1n) is 9.13. The maximum absolute atomic E-state index is 12.3. The molecule has 1 N–H and O–H groups in total. The molecule has 0 aromatic carbocycles. The zero-order valence-electron chi connectivity index (χ0n) is 14.7. The van der Waals surface area contributed by atoms with Gasteiger partial charge in [-0.15, -0.1) is 0 Å². The molecular weight excluding hydrogens is 342 g/mol. The Morgan fingerprint density at radius 3 is 2.89 bits per heavy atom. The van der Waals surface area contributed by atoms with Crippen LogP contribution in [0.1, 0.15) is 12.8 Å². The van der Waals surface area contributed by atoms with Crippen molar-refractivity contribution in [3.8, 4) is 0 Å². The van der Waals surface area contributed by atoms with Crippen LogP contribution in [0.15, 0.2) is 47.9 Å². The van der Waals surface area contributed by atoms with Crippen molar-refractivity contribution in [3.05, 3.63) is 53.6 Å². The van der Waals surface area contributed by atoms with Crippen LogP contribution in [0, 0.1) is 5.92 Å². The third kappa shape index (κ3) is 2.83. The van der Waals surface area contributed by atoms with Gasteiger partial charge < -0.3 is 9.88 Å². The van der Waals surface area contributed by atoms with Gasteiger partial charge in [-0.2, -0.15) is 0 Å². The average molecular weight is 361 g/mol. The lowest BCUT2D eigenvalue weighted by Crippen LogP contribution is -2.36. The number of anilines is 1. The Bertz CT molecular complexity index is 1150. The number of piperidine rings is 1. The number of imidazole rings is 1. The molecule has 1 aliphatic rings. The largest absolute Gasteiger partial charge is 0.356 e. The van der Waals surface area contributed by atoms with E-state index in [1.165, 1.54) is 0 Å². The molecule has 5 rings (SSSR count). The van der Waals surface area contributed by atoms with Crippen LogP contribution < -0.4 is 10.6 Å². The van der Waals surface area contributed by atoms with Gasteiger partial charge in [0.2, 0.25) is 0 Å². The Morgan fingerprint density at radius 2 is 2.00 bits per heavy atom. The van der Waals surface area contributed by atoms with Crippen molar-refractivity contribution in [3.63, 3.8) is 0 Å². The number of H-pyrrole nitrogens is 1. The smallest absolute Gasteiger partial charge is 0.327 e. The summed E-state index contributed by atoms with van der Waals surface area (Å²) in [5.41, 5.74) is 2.31. The fraction of sp³-hybridized carbons (Fsp3) is 0.316. The number of pyridine rings is 2. The lowest BCUT2D eigenvalue weighted by atomic mass is 9.96. The van der Waals surface area contributed by atoms with Gasteiger partial charge >= 0.3 is 5.69 Å². The number of aromatic nitrogens is 6. The summed E-state index contributed by atoms with van der Waals surface area (Å²) in [5, 5.41) is 1.03. The summed E-state index contributed by atoms with van der Waals surface area (Å²) in [6.45, 7) is 2.51. The summed E-state index contributed by atoms with van der Waals surface area (Å²) in [6, 6.07) is 5.69. The molecule has 8 heteroatoms. The second-order valence-electron chi connectivity index (χ2n) is 6.94. The van der Waals surface area contributed by atoms with E-state index in [9.17, 15) is 4.79 Å². The first-order chi connectivity index (χ1) is 13.3. The van der Waals surface area contributed by atoms with Crippen molar-refractivity contribution in [2.24, 2.45) is 5.92 Å². The summed E-state index contributed by atoms with van der Waals surface area (Å²) >= 11 is 0. The molecule has 0 unspecified atom stereocenters. The van der Waals surface area contributed by atoms with E-state index in [1.807, 2.05) is 18.2 Å². The molecule has 4 aromatic rings. The van der Waals surface area contributed by atoms with Crippen LogP contribution in [0.4, 0.5) is 5.82 Å². The minimum atomic E-state index is -0.0829. The Kier molecular flexibility index (Phi) is 3.81. The molecule has 0 amide bonds. The van der Waals surface area contributed by atoms with Crippen LogP contribution in [0.5, 0.6) is 0 Å². The fourth-order valence-corrected chi connectivity index (χ4v) is 3.89. The second kappa shape index (κ2) is 6.46. The van der Waals surface area contributed by atoms with Gasteiger partial charge in [-0.25, -0.2) is 19.7 Å². The summed E-state index contributed by atoms with van der Waals surface area (Å²) in [6.07, 6.45) is 8.87. The molecule has 0 aliphatic carbocycles. The van der Waals surface area contributed by atoms with Crippen molar-refractivity contribution in [2.75, 3.05) is 18.0 Å². The lowest BCUT2D eigenvalue weighted by Gasteiger charge is -2.33. The summed E-state index contributed by atoms with van der Waals surface area (Å²) in [5.74, 6) is 1.40. The number of aromatic amines is 1. The molecule has 0 bridgehead atoms. The van der Waals surface area contributed by atoms with Gasteiger partial charge in [0.25, 0.3) is 0 Å². The van der Waals surface area contributed by atoms with Crippen LogP contribution in [0.3, 0.4) is 0 Å². The zero-order valence-corrected chi connectivity index (χ0v) is 14.7. The summed E-state index contributed by atoms with van der Waals surface area (Å²) in [4.78, 5) is 34.8. The van der Waals surface area contributed by atoms with E-state index in [2.05, 4.69) is 29.8 Å². The molecule has 5 heterocycles. The number of rotatable bonds is 3. The van der Waals surface area contributed by atoms with E-state index in [-0.39, 0.29) is 5.69 Å². The van der Waals surface area contributed by atoms with Crippen LogP contribution in [-0.2, 0) is 6.54 Å². The van der Waals surface area contributed by atoms with Gasteiger partial charge in [-0.1, -0.05) is 0 Å². The molecule has 0 spiro atoms. The Morgan fingerprint density at radius 1 is 1.11 bits per heavy atom. The molecule has 136 valence electrons. The predicted molar refractivity (Wildman–Crippen MR) is 103 cm³/mol. The van der Waals surface area contributed by atoms with E-state index < -0.39 is 0 Å². The van der Waals surface area contributed by atoms with Crippen molar-refractivity contribution < 1.29 is 0 Å². The van der Waals surface area contributed by atoms with Crippen molar-refractivity contribution in [1.29, 1.82) is 0 Å². The first-order valence-corrected chi connectivity index (χ1v) is 9.13. The van der Waals surface area contributed by atoms with Crippen molar-refractivity contribution in [2.45, 2.75) is 19.4 Å². The molecular formula is C19H19N7O. The minimum Gasteiger partial charge on any atom is -0.356 e. The van der Waals surface area contributed by atoms with Gasteiger partial charge in [0.05, 0.1) is 17.2 Å². The number of fused-ring (bicyclic) bond motifs is 2. The van der Waals surface area contributed by atoms with Crippen LogP contribution in [0.25, 0.3) is 22.1 Å². The normalized spacial score (nSPS) is 15.6. The van der Waals surface area contributed by atoms with Gasteiger partial charge in [-0.05, 0) is 37.0 Å². The SMILES string of the molecule is O=c1[nH]c2cccnc2n1CC1CCN(c2ncnc3cnccc23)CC1. The molecule has 27 heavy (non-hydrogen) atoms. The molecule has 1 saturated heterocycles. The first kappa shape index (κ1) is 15.9. The highest BCUT2D eigenvalue weighted by Gasteiger charge is 2.23. The van der Waals surface area contributed by atoms with E-state index in [0.29, 0.717) is 12.5 Å². The van der Waals surface area contributed by atoms with E-state index in [4.69, 9.17) is 0 Å². The monoisotopic (exact) mass is 361 g/mol. The number of nitrogens with zero attached hydrogens (tertiary/aromatic N) is 6. The molecule has 0 saturated carbocycles. The zero-order chi connectivity index (χ0) is 18.2. The van der Waals surface area contributed by atoms with Crippen LogP contribution in [-0.4, -0.2) is 42.6 Å². The molecule has 8 nitrogen and oxygen atoms in total. The van der Waals surface area contributed by atoms with Crippen molar-refractivity contribution >= 4 is 27.9 Å². The predicted octanol–water partition coefficient (Wildman–Crippen LogP) is 1.98. The molecule has 0 radical (unpaired) electrons. The van der Waals surface area contributed by atoms with E-state index in [1.54, 1.807) is 29.5 Å². The van der Waals surface area contributed by atoms with Crippen LogP contribution in [0.2, 0.25) is 0 Å². The van der Waals surface area contributed by atoms with Gasteiger partial charge in [0.1, 0.15) is 12.1 Å². The minimum absolute atomic E-state index is 0.0829. The lowest BCUT2D eigenvalue weighted by molar-refractivity contribution is 0.356. The summed E-state index contributed by atoms with van der Waals surface area (Å²) in [7, 11) is 0. The van der Waals surface area contributed by atoms with E-state index >= 15 is 0 Å². The standard InChI is InChI=1S/C19H19N7O/c27-19-24-15-2-1-6-21-18(15)26(19)11-13-4-8-25(9-5-13)17-14-3-7-20-10-16(14)22-12-23-17/h1-3,6-7,10,12-13H,4-5,8-9,11H2,(H,24,27). The summed E-state index contributed by atoms with van der Waals surface area (Å²) < 4.78 is 1.77. The number of hydrogen-bond donors (Lipinski definition) is 1.